The topological polar surface area (TPSA) is 131 Å². The number of hydrogen-bond acceptors (Lipinski definition) is 10. The Hall–Kier alpha value is -3.89. The third-order valence-electron chi connectivity index (χ3n) is 7.46. The molecule has 1 aromatic carbocycles. The quantitative estimate of drug-likeness (QED) is 0.309. The number of nitrogens with one attached hydrogen (secondary N) is 1. The first-order valence-corrected chi connectivity index (χ1v) is 15.9. The number of fused-ring (bicyclic) bond motifs is 1. The number of benzene rings is 1. The van der Waals surface area contributed by atoms with Crippen molar-refractivity contribution in [3.63, 3.8) is 0 Å². The van der Waals surface area contributed by atoms with Crippen molar-refractivity contribution < 1.29 is 31.5 Å². The largest absolute Gasteiger partial charge is 0.490 e. The Kier molecular flexibility index (Phi) is 7.91. The van der Waals surface area contributed by atoms with Crippen LogP contribution in [0.25, 0.3) is 5.65 Å². The molecule has 0 bridgehead atoms. The zero-order chi connectivity index (χ0) is 30.3. The van der Waals surface area contributed by atoms with Crippen LogP contribution >= 0.6 is 11.3 Å². The van der Waals surface area contributed by atoms with Crippen LogP contribution in [0, 0.1) is 12.7 Å². The summed E-state index contributed by atoms with van der Waals surface area (Å²) < 4.78 is 71.3. The summed E-state index contributed by atoms with van der Waals surface area (Å²) in [7, 11) is -3.05. The molecule has 2 unspecified atom stereocenters. The summed E-state index contributed by atoms with van der Waals surface area (Å²) in [5.41, 5.74) is 1.39. The van der Waals surface area contributed by atoms with Crippen LogP contribution < -0.4 is 18.7 Å². The summed E-state index contributed by atoms with van der Waals surface area (Å²) in [5, 5.41) is 8.28. The van der Waals surface area contributed by atoms with E-state index in [4.69, 9.17) is 9.47 Å². The van der Waals surface area contributed by atoms with Gasteiger partial charge in [0.2, 0.25) is 5.13 Å². The van der Waals surface area contributed by atoms with Gasteiger partial charge in [-0.15, -0.1) is 10.2 Å². The molecule has 0 spiro atoms. The van der Waals surface area contributed by atoms with Crippen LogP contribution in [0.15, 0.2) is 42.7 Å². The van der Waals surface area contributed by atoms with E-state index in [0.29, 0.717) is 53.7 Å². The van der Waals surface area contributed by atoms with Crippen molar-refractivity contribution in [3.05, 3.63) is 64.8 Å². The molecule has 16 heteroatoms. The van der Waals surface area contributed by atoms with Gasteiger partial charge in [0.1, 0.15) is 40.2 Å². The molecule has 1 N–H and O–H groups in total. The number of halogens is 2. The summed E-state index contributed by atoms with van der Waals surface area (Å²) in [6, 6.07) is 7.10. The van der Waals surface area contributed by atoms with Crippen LogP contribution in [0.5, 0.6) is 5.75 Å². The number of aryl methyl sites for hydroxylation is 1. The maximum Gasteiger partial charge on any atom is 0.328 e. The van der Waals surface area contributed by atoms with Gasteiger partial charge in [-0.1, -0.05) is 11.3 Å². The van der Waals surface area contributed by atoms with E-state index in [0.717, 1.165) is 15.6 Å². The minimum Gasteiger partial charge on any atom is -0.490 e. The van der Waals surface area contributed by atoms with Crippen molar-refractivity contribution >= 4 is 43.9 Å². The number of ether oxygens (including phenoxy) is 2. The van der Waals surface area contributed by atoms with E-state index in [1.54, 1.807) is 36.2 Å². The number of hydrogen-bond donors (Lipinski definition) is 1. The fourth-order valence-corrected chi connectivity index (χ4v) is 6.97. The average Bonchev–Trinajstić information content (AvgIpc) is 3.71. The highest BCUT2D eigenvalue weighted by Gasteiger charge is 2.36. The lowest BCUT2D eigenvalue weighted by Crippen LogP contribution is -2.42. The number of pyridine rings is 1. The van der Waals surface area contributed by atoms with Gasteiger partial charge < -0.3 is 14.4 Å². The highest BCUT2D eigenvalue weighted by atomic mass is 32.2. The number of carbonyl (C=O) groups excluding carboxylic acids is 1. The Balaban J connectivity index is 1.29. The number of carbonyl (C=O) groups is 1. The van der Waals surface area contributed by atoms with Gasteiger partial charge in [0, 0.05) is 44.6 Å². The molecule has 2 aliphatic heterocycles. The number of alkyl halides is 1. The second-order valence-corrected chi connectivity index (χ2v) is 13.2. The summed E-state index contributed by atoms with van der Waals surface area (Å²) >= 11 is 1.06. The number of imidazole rings is 1. The summed E-state index contributed by atoms with van der Waals surface area (Å²) in [6.45, 7) is 2.85. The Labute approximate surface area is 250 Å². The molecule has 12 nitrogen and oxygen atoms in total. The lowest BCUT2D eigenvalue weighted by atomic mass is 10.0. The summed E-state index contributed by atoms with van der Waals surface area (Å²) in [4.78, 5) is 19.2. The average molecular weight is 634 g/mol. The van der Waals surface area contributed by atoms with Crippen LogP contribution in [0.1, 0.15) is 46.4 Å². The second kappa shape index (κ2) is 11.7. The minimum absolute atomic E-state index is 0.0278. The van der Waals surface area contributed by atoms with Crippen molar-refractivity contribution in [1.29, 1.82) is 0 Å². The van der Waals surface area contributed by atoms with E-state index >= 15 is 0 Å². The summed E-state index contributed by atoms with van der Waals surface area (Å²) in [5.74, 6) is -0.895. The van der Waals surface area contributed by atoms with Gasteiger partial charge >= 0.3 is 10.2 Å². The smallest absolute Gasteiger partial charge is 0.328 e. The highest BCUT2D eigenvalue weighted by Crippen LogP contribution is 2.42. The standard InChI is InChI=1S/C27H29F2N7O5S2/c1-16-31-32-27(42-16)34(2)43(38,39)33-26(37)23-13-30-25-6-4-19(15-36(23)25)35-14-18(29)12-22(35)21-11-17(28)3-5-24(21)41-20-7-9-40-10-8-20/h3-6,11,13,15,18,20,22H,7-10,12,14H2,1-2H3,(H,33,37). The van der Waals surface area contributed by atoms with Crippen LogP contribution in [0.3, 0.4) is 0 Å². The molecule has 2 aliphatic rings. The van der Waals surface area contributed by atoms with Crippen molar-refractivity contribution in [2.24, 2.45) is 0 Å². The molecule has 5 heterocycles. The molecule has 43 heavy (non-hydrogen) atoms. The zero-order valence-corrected chi connectivity index (χ0v) is 24.9. The van der Waals surface area contributed by atoms with E-state index in [-0.39, 0.29) is 29.9 Å². The van der Waals surface area contributed by atoms with E-state index in [1.165, 1.54) is 29.8 Å². The molecule has 2 fully saturated rings. The molecule has 0 saturated carbocycles. The molecular weight excluding hydrogens is 604 g/mol. The van der Waals surface area contributed by atoms with E-state index < -0.39 is 34.1 Å². The molecule has 0 radical (unpaired) electrons. The SMILES string of the molecule is Cc1nnc(N(C)S(=O)(=O)NC(=O)c2cnc3ccc(N4CC(F)CC4c4cc(F)ccc4OC4CCOCC4)cn23)s1. The minimum atomic E-state index is -4.31. The van der Waals surface area contributed by atoms with Gasteiger partial charge in [-0.25, -0.2) is 22.8 Å². The Morgan fingerprint density at radius 2 is 2.00 bits per heavy atom. The summed E-state index contributed by atoms with van der Waals surface area (Å²) in [6.07, 6.45) is 3.06. The molecule has 6 rings (SSSR count). The van der Waals surface area contributed by atoms with Crippen molar-refractivity contribution in [3.8, 4) is 5.75 Å². The molecule has 3 aromatic heterocycles. The number of nitrogens with zero attached hydrogens (tertiary/aromatic N) is 6. The highest BCUT2D eigenvalue weighted by molar-refractivity contribution is 7.91. The molecule has 1 amide bonds. The number of amides is 1. The first-order valence-electron chi connectivity index (χ1n) is 13.6. The fraction of sp³-hybridized carbons (Fsp3) is 0.407. The van der Waals surface area contributed by atoms with E-state index in [9.17, 15) is 22.0 Å². The first kappa shape index (κ1) is 29.2. The lowest BCUT2D eigenvalue weighted by Gasteiger charge is -2.30. The maximum atomic E-state index is 15.0. The third kappa shape index (κ3) is 5.99. The van der Waals surface area contributed by atoms with Crippen LogP contribution in [-0.2, 0) is 14.9 Å². The molecule has 2 atom stereocenters. The van der Waals surface area contributed by atoms with Crippen LogP contribution in [0.2, 0.25) is 0 Å². The third-order valence-corrected chi connectivity index (χ3v) is 9.83. The normalized spacial score (nSPS) is 19.6. The van der Waals surface area contributed by atoms with Gasteiger partial charge in [-0.2, -0.15) is 8.42 Å². The second-order valence-electron chi connectivity index (χ2n) is 10.4. The monoisotopic (exact) mass is 633 g/mol. The Bertz CT molecular complexity index is 1760. The number of aromatic nitrogens is 4. The fourth-order valence-electron chi connectivity index (χ4n) is 5.29. The number of anilines is 2. The predicted molar refractivity (Wildman–Crippen MR) is 155 cm³/mol. The van der Waals surface area contributed by atoms with Gasteiger partial charge in [-0.05, 0) is 37.3 Å². The van der Waals surface area contributed by atoms with Crippen LogP contribution in [0.4, 0.5) is 19.6 Å². The van der Waals surface area contributed by atoms with E-state index in [1.807, 2.05) is 4.72 Å². The lowest BCUT2D eigenvalue weighted by molar-refractivity contribution is 0.0250. The van der Waals surface area contributed by atoms with Crippen molar-refractivity contribution in [1.82, 2.24) is 24.3 Å². The van der Waals surface area contributed by atoms with Crippen LogP contribution in [-0.4, -0.2) is 73.0 Å². The predicted octanol–water partition coefficient (Wildman–Crippen LogP) is 3.59. The first-order chi connectivity index (χ1) is 20.6. The molecule has 4 aromatic rings. The zero-order valence-electron chi connectivity index (χ0n) is 23.3. The molecular formula is C27H29F2N7O5S2. The van der Waals surface area contributed by atoms with Gasteiger partial charge in [-0.3, -0.25) is 9.20 Å². The molecule has 2 saturated heterocycles. The van der Waals surface area contributed by atoms with E-state index in [2.05, 4.69) is 15.2 Å². The van der Waals surface area contributed by atoms with Gasteiger partial charge in [0.05, 0.1) is 31.1 Å². The van der Waals surface area contributed by atoms with Crippen molar-refractivity contribution in [2.45, 2.75) is 44.5 Å². The van der Waals surface area contributed by atoms with Gasteiger partial charge in [0.15, 0.2) is 0 Å². The Morgan fingerprint density at radius 3 is 2.74 bits per heavy atom. The van der Waals surface area contributed by atoms with Crippen molar-refractivity contribution in [2.75, 3.05) is 36.0 Å². The van der Waals surface area contributed by atoms with Gasteiger partial charge in [0.25, 0.3) is 5.91 Å². The number of rotatable bonds is 8. The maximum absolute atomic E-state index is 15.0. The molecule has 228 valence electrons. The Morgan fingerprint density at radius 1 is 1.21 bits per heavy atom. The molecule has 0 aliphatic carbocycles.